The average molecular weight is 737 g/mol. The first kappa shape index (κ1) is 36.7. The van der Waals surface area contributed by atoms with Gasteiger partial charge in [0.15, 0.2) is 0 Å². The van der Waals surface area contributed by atoms with Crippen molar-refractivity contribution < 1.29 is 28.7 Å². The van der Waals surface area contributed by atoms with Gasteiger partial charge in [-0.05, 0) is 65.3 Å². The van der Waals surface area contributed by atoms with Gasteiger partial charge in [-0.15, -0.1) is 0 Å². The molecule has 4 amide bonds. The van der Waals surface area contributed by atoms with Gasteiger partial charge in [-0.3, -0.25) is 9.59 Å². The Balaban J connectivity index is 1.07. The van der Waals surface area contributed by atoms with Crippen molar-refractivity contribution in [3.63, 3.8) is 0 Å². The number of rotatable bonds is 10. The van der Waals surface area contributed by atoms with Gasteiger partial charge in [-0.1, -0.05) is 70.2 Å². The number of H-pyrrole nitrogens is 2. The zero-order valence-electron chi connectivity index (χ0n) is 31.5. The lowest BCUT2D eigenvalue weighted by Crippen LogP contribution is -2.51. The number of carbonyl (C=O) groups excluding carboxylic acids is 4. The van der Waals surface area contributed by atoms with Gasteiger partial charge in [0.25, 0.3) is 0 Å². The molecule has 7 rings (SSSR count). The number of hydrogen-bond donors (Lipinski definition) is 4. The molecule has 2 fully saturated rings. The zero-order valence-corrected chi connectivity index (χ0v) is 31.5. The van der Waals surface area contributed by atoms with E-state index in [1.807, 2.05) is 62.9 Å². The molecule has 1 unspecified atom stereocenters. The van der Waals surface area contributed by atoms with Crippen LogP contribution in [0.15, 0.2) is 60.8 Å². The van der Waals surface area contributed by atoms with Crippen molar-refractivity contribution in [2.45, 2.75) is 71.1 Å². The molecule has 1 saturated heterocycles. The summed E-state index contributed by atoms with van der Waals surface area (Å²) in [6.45, 7) is 8.65. The highest BCUT2D eigenvalue weighted by molar-refractivity contribution is 5.88. The maximum atomic E-state index is 13.9. The number of imidazole rings is 2. The van der Waals surface area contributed by atoms with Gasteiger partial charge in [0.2, 0.25) is 11.8 Å². The Hall–Kier alpha value is -5.66. The maximum Gasteiger partial charge on any atom is 0.407 e. The van der Waals surface area contributed by atoms with Gasteiger partial charge >= 0.3 is 12.2 Å². The lowest BCUT2D eigenvalue weighted by Gasteiger charge is -2.30. The molecule has 0 bridgehead atoms. The molecule has 4 heterocycles. The standard InChI is InChI=1S/C40H48N8O6/c1-22(2)32(45-38(51)53-5)36(49)47-17-7-8-30(47)34-41-20-29(44-34)25-11-9-24(10-12-25)26-13-14-27-28(18-26)43-35(42-27)31-19-40(15-16-40)21-48(31)37(50)33(23(3)4)46-39(52)54-6/h7-14,18,20,22-23,30-33H,15-17,19,21H2,1-6H3,(H,41,44)(H,42,43)(H,45,51)(H,46,52)/t30-,31-,32-,33?/m0/s1. The normalized spacial score (nSPS) is 19.8. The van der Waals surface area contributed by atoms with Crippen LogP contribution < -0.4 is 10.6 Å². The van der Waals surface area contributed by atoms with Crippen molar-refractivity contribution in [3.8, 4) is 22.4 Å². The number of alkyl carbamates (subject to hydrolysis) is 2. The molecule has 3 aliphatic rings. The Morgan fingerprint density at radius 1 is 0.815 bits per heavy atom. The summed E-state index contributed by atoms with van der Waals surface area (Å²) in [5, 5.41) is 5.41. The molecular weight excluding hydrogens is 688 g/mol. The number of ether oxygens (including phenoxy) is 2. The molecule has 54 heavy (non-hydrogen) atoms. The van der Waals surface area contributed by atoms with Gasteiger partial charge in [0, 0.05) is 13.1 Å². The molecule has 1 saturated carbocycles. The number of nitrogens with zero attached hydrogens (tertiary/aromatic N) is 4. The summed E-state index contributed by atoms with van der Waals surface area (Å²) in [6.07, 6.45) is 7.35. The molecule has 1 aliphatic carbocycles. The summed E-state index contributed by atoms with van der Waals surface area (Å²) in [6, 6.07) is 12.3. The highest BCUT2D eigenvalue weighted by Gasteiger charge is 2.55. The predicted octanol–water partition coefficient (Wildman–Crippen LogP) is 5.87. The van der Waals surface area contributed by atoms with Crippen LogP contribution in [0.4, 0.5) is 9.59 Å². The molecule has 14 nitrogen and oxygen atoms in total. The Morgan fingerprint density at radius 3 is 2.04 bits per heavy atom. The van der Waals surface area contributed by atoms with Gasteiger partial charge < -0.3 is 39.9 Å². The predicted molar refractivity (Wildman–Crippen MR) is 202 cm³/mol. The molecule has 4 atom stereocenters. The zero-order chi connectivity index (χ0) is 38.3. The lowest BCUT2D eigenvalue weighted by molar-refractivity contribution is -0.136. The van der Waals surface area contributed by atoms with Crippen molar-refractivity contribution in [1.29, 1.82) is 0 Å². The van der Waals surface area contributed by atoms with E-state index in [1.54, 1.807) is 11.1 Å². The van der Waals surface area contributed by atoms with Crippen LogP contribution in [0, 0.1) is 17.3 Å². The van der Waals surface area contributed by atoms with E-state index in [0.717, 1.165) is 58.5 Å². The molecule has 2 aliphatic heterocycles. The van der Waals surface area contributed by atoms with E-state index in [-0.39, 0.29) is 35.1 Å². The smallest absolute Gasteiger partial charge is 0.407 e. The van der Waals surface area contributed by atoms with Crippen LogP contribution in [0.25, 0.3) is 33.4 Å². The topological polar surface area (TPSA) is 175 Å². The van der Waals surface area contributed by atoms with E-state index >= 15 is 0 Å². The van der Waals surface area contributed by atoms with Crippen LogP contribution in [0.1, 0.15) is 70.7 Å². The van der Waals surface area contributed by atoms with Crippen molar-refractivity contribution in [1.82, 2.24) is 40.4 Å². The molecule has 1 spiro atoms. The number of nitrogens with one attached hydrogen (secondary N) is 4. The van der Waals surface area contributed by atoms with E-state index in [0.29, 0.717) is 18.9 Å². The quantitative estimate of drug-likeness (QED) is 0.146. The van der Waals surface area contributed by atoms with Gasteiger partial charge in [0.1, 0.15) is 29.8 Å². The SMILES string of the molecule is COC(=O)NC(C(=O)N1CC2(CC2)C[C@H]1c1nc2cc(-c3ccc(-c4cnc([C@@H]5C=CCN5C(=O)[C@@H](NC(=O)OC)C(C)C)[nH]4)cc3)ccc2[nH]1)C(C)C. The van der Waals surface area contributed by atoms with Crippen LogP contribution in [0.3, 0.4) is 0 Å². The third-order valence-corrected chi connectivity index (χ3v) is 11.0. The molecule has 2 aromatic carbocycles. The van der Waals surface area contributed by atoms with E-state index < -0.39 is 30.3 Å². The summed E-state index contributed by atoms with van der Waals surface area (Å²) in [5.41, 5.74) is 5.59. The monoisotopic (exact) mass is 736 g/mol. The summed E-state index contributed by atoms with van der Waals surface area (Å²) in [5.74, 6) is 0.811. The third kappa shape index (κ3) is 7.16. The second-order valence-corrected chi connectivity index (χ2v) is 15.4. The Kier molecular flexibility index (Phi) is 9.94. The number of fused-ring (bicyclic) bond motifs is 1. The molecule has 14 heteroatoms. The summed E-state index contributed by atoms with van der Waals surface area (Å²) in [7, 11) is 2.58. The van der Waals surface area contributed by atoms with Crippen LogP contribution in [-0.2, 0) is 19.1 Å². The minimum absolute atomic E-state index is 0.110. The van der Waals surface area contributed by atoms with Crippen LogP contribution in [0.2, 0.25) is 0 Å². The highest BCUT2D eigenvalue weighted by atomic mass is 16.5. The van der Waals surface area contributed by atoms with Crippen LogP contribution >= 0.6 is 0 Å². The van der Waals surface area contributed by atoms with Crippen molar-refractivity contribution in [3.05, 3.63) is 72.5 Å². The first-order chi connectivity index (χ1) is 25.9. The summed E-state index contributed by atoms with van der Waals surface area (Å²) in [4.78, 5) is 71.6. The molecular formula is C40H48N8O6. The van der Waals surface area contributed by atoms with E-state index in [2.05, 4.69) is 49.9 Å². The first-order valence-corrected chi connectivity index (χ1v) is 18.5. The largest absolute Gasteiger partial charge is 0.453 e. The van der Waals surface area contributed by atoms with Crippen molar-refractivity contribution in [2.24, 2.45) is 17.3 Å². The number of benzene rings is 2. The lowest BCUT2D eigenvalue weighted by atomic mass is 10.0. The van der Waals surface area contributed by atoms with E-state index in [4.69, 9.17) is 14.5 Å². The summed E-state index contributed by atoms with van der Waals surface area (Å²) < 4.78 is 9.55. The minimum Gasteiger partial charge on any atom is -0.453 e. The van der Waals surface area contributed by atoms with E-state index in [1.165, 1.54) is 14.2 Å². The first-order valence-electron chi connectivity index (χ1n) is 18.5. The second-order valence-electron chi connectivity index (χ2n) is 15.4. The van der Waals surface area contributed by atoms with Crippen LogP contribution in [0.5, 0.6) is 0 Å². The number of likely N-dealkylation sites (tertiary alicyclic amines) is 1. The van der Waals surface area contributed by atoms with Crippen molar-refractivity contribution >= 4 is 35.0 Å². The molecule has 4 aromatic rings. The van der Waals surface area contributed by atoms with E-state index in [9.17, 15) is 19.2 Å². The third-order valence-electron chi connectivity index (χ3n) is 11.0. The second kappa shape index (κ2) is 14.6. The summed E-state index contributed by atoms with van der Waals surface area (Å²) >= 11 is 0. The van der Waals surface area contributed by atoms with Gasteiger partial charge in [0.05, 0.1) is 43.2 Å². The Morgan fingerprint density at radius 2 is 1.43 bits per heavy atom. The number of amides is 4. The maximum absolute atomic E-state index is 13.9. The van der Waals surface area contributed by atoms with Gasteiger partial charge in [-0.2, -0.15) is 0 Å². The fourth-order valence-electron chi connectivity index (χ4n) is 7.65. The number of aromatic amines is 2. The van der Waals surface area contributed by atoms with Crippen LogP contribution in [-0.4, -0.2) is 93.1 Å². The molecule has 2 aromatic heterocycles. The Labute approximate surface area is 314 Å². The number of carbonyl (C=O) groups is 4. The fourth-order valence-corrected chi connectivity index (χ4v) is 7.65. The van der Waals surface area contributed by atoms with Crippen molar-refractivity contribution in [2.75, 3.05) is 27.3 Å². The minimum atomic E-state index is -0.732. The highest BCUT2D eigenvalue weighted by Crippen LogP contribution is 2.58. The average Bonchev–Trinajstić information content (AvgIpc) is 3.66. The number of hydrogen-bond acceptors (Lipinski definition) is 8. The Bertz CT molecular complexity index is 2080. The number of aromatic nitrogens is 4. The molecule has 4 N–H and O–H groups in total. The van der Waals surface area contributed by atoms with Gasteiger partial charge in [-0.25, -0.2) is 19.6 Å². The molecule has 284 valence electrons. The number of methoxy groups -OCH3 is 2. The fraction of sp³-hybridized carbons (Fsp3) is 0.450. The molecule has 0 radical (unpaired) electrons.